The van der Waals surface area contributed by atoms with E-state index < -0.39 is 152 Å². The number of aromatic carboxylic acids is 1. The van der Waals surface area contributed by atoms with Gasteiger partial charge in [-0.25, -0.2) is 51.4 Å². The Morgan fingerprint density at radius 3 is 1.70 bits per heavy atom. The second-order valence-electron chi connectivity index (χ2n) is 21.1. The van der Waals surface area contributed by atoms with Crippen molar-refractivity contribution in [3.63, 3.8) is 0 Å². The normalized spacial score (nSPS) is 11.8. The highest BCUT2D eigenvalue weighted by Gasteiger charge is 2.35. The highest BCUT2D eigenvalue weighted by molar-refractivity contribution is 7.94. The van der Waals surface area contributed by atoms with Gasteiger partial charge in [0.25, 0.3) is 31.5 Å². The first-order valence-corrected chi connectivity index (χ1v) is 36.8. The second-order valence-corrected chi connectivity index (χ2v) is 28.4. The fourth-order valence-corrected chi connectivity index (χ4v) is 10.2. The number of aliphatic carboxylic acids is 1. The summed E-state index contributed by atoms with van der Waals surface area (Å²) in [4.78, 5) is 130. The van der Waals surface area contributed by atoms with Gasteiger partial charge in [0, 0.05) is 39.0 Å². The summed E-state index contributed by atoms with van der Waals surface area (Å²) < 4.78 is 186. The molecule has 0 bridgehead atoms. The molecule has 0 saturated heterocycles. The van der Waals surface area contributed by atoms with Crippen molar-refractivity contribution in [1.29, 1.82) is 0 Å². The Balaban J connectivity index is 0.000000387. The van der Waals surface area contributed by atoms with Gasteiger partial charge < -0.3 is 62.6 Å². The molecule has 7 aromatic rings. The number of benzene rings is 3. The number of carboxylic acids is 2. The quantitative estimate of drug-likeness (QED) is 0.0162. The van der Waals surface area contributed by atoms with Gasteiger partial charge >= 0.3 is 55.1 Å². The van der Waals surface area contributed by atoms with Crippen LogP contribution in [0.1, 0.15) is 51.4 Å². The lowest BCUT2D eigenvalue weighted by Gasteiger charge is -2.17. The Morgan fingerprint density at radius 1 is 0.722 bits per heavy atom. The minimum atomic E-state index is -4.84. The topological polar surface area (TPSA) is 508 Å². The maximum absolute atomic E-state index is 13.1. The number of methoxy groups -OCH3 is 3. The van der Waals surface area contributed by atoms with E-state index in [1.807, 2.05) is 30.4 Å². The number of halogens is 7. The molecule has 5 amide bonds. The van der Waals surface area contributed by atoms with Crippen LogP contribution in [0.5, 0.6) is 35.0 Å². The molecular formula is C60H69F7N13O24PS3. The van der Waals surface area contributed by atoms with Crippen molar-refractivity contribution in [2.75, 3.05) is 77.7 Å². The molecule has 4 heterocycles. The molecule has 0 aliphatic carbocycles. The molecule has 0 aliphatic rings. The molecule has 0 saturated carbocycles. The third kappa shape index (κ3) is 30.3. The van der Waals surface area contributed by atoms with Gasteiger partial charge in [-0.05, 0) is 84.4 Å². The van der Waals surface area contributed by atoms with E-state index in [4.69, 9.17) is 38.8 Å². The van der Waals surface area contributed by atoms with Gasteiger partial charge in [0.2, 0.25) is 35.4 Å². The monoisotopic (exact) mass is 1620 g/mol. The van der Waals surface area contributed by atoms with Crippen molar-refractivity contribution in [2.45, 2.75) is 62.3 Å². The van der Waals surface area contributed by atoms with Crippen LogP contribution in [0.25, 0.3) is 5.69 Å². The number of carboxylic acid groups (broad SMARTS) is 2. The van der Waals surface area contributed by atoms with Crippen LogP contribution in [0, 0.1) is 0 Å². The minimum Gasteiger partial charge on any atom is -0.778 e. The predicted octanol–water partition coefficient (Wildman–Crippen LogP) is 4.28. The van der Waals surface area contributed by atoms with E-state index in [2.05, 4.69) is 58.5 Å². The summed E-state index contributed by atoms with van der Waals surface area (Å²) in [6, 6.07) is 17.8. The van der Waals surface area contributed by atoms with Gasteiger partial charge in [-0.2, -0.15) is 59.1 Å². The lowest BCUT2D eigenvalue weighted by atomic mass is 10.1. The van der Waals surface area contributed by atoms with Crippen LogP contribution in [-0.2, 0) is 76.1 Å². The number of amides is 5. The average Bonchev–Trinajstić information content (AvgIpc) is 0.779. The Bertz CT molecular complexity index is 4650. The Morgan fingerprint density at radius 2 is 1.23 bits per heavy atom. The maximum Gasteiger partial charge on any atom is 0.431 e. The third-order valence-corrected chi connectivity index (χ3v) is 15.5. The van der Waals surface area contributed by atoms with Gasteiger partial charge in [-0.3, -0.25) is 34.9 Å². The molecule has 0 radical (unpaired) electrons. The molecule has 7 rings (SSSR count). The number of carbonyl (C=O) groups excluding carboxylic acids is 4. The number of rotatable bonds is 26. The smallest absolute Gasteiger partial charge is 0.431 e. The molecule has 48 heteroatoms. The number of hydrogen-bond donors (Lipinski definition) is 8. The first-order chi connectivity index (χ1) is 50.3. The van der Waals surface area contributed by atoms with Gasteiger partial charge in [-0.1, -0.05) is 31.2 Å². The standard InChI is InChI=1S/C25H25F3N2O6.C15H18N6O6S.C14H10F4N4O7S.C3H8NO5P.C3H9S/c1-5-16-6-7-17(20(12-16)36-15(2)23(32)34-4)14-35-19-10-8-18(9-11-19)30-22(31)13-21(25(26,27)28)29(3)24(30)33;1-21(2)13(22)9-6-5-7-16-12(9)28(24,25)20-15(23)19-14-17-10(26-3)8-11(18-14)27-4;15-11(16)28-8-5-9(29-12(17)18)20-13(19-8)21-14(25)22-30(26,27)7-4-2-1-3-6(7)10(23)24;5-3(6)1-4-2-10(7,8)9;1-4(2)3/h6-13,15H,5,14H2,1-4H3;5-8H,1-4H3,(H2,17,18,19,20,23);1-5,11-12H,(H,23,24)(H2,19,20,21,22,25);4H,1-2H2,(H,5,6)(H2,7,8,9);1-3H3/q;;;;+1/p-1. The maximum atomic E-state index is 13.1. The summed E-state index contributed by atoms with van der Waals surface area (Å²) in [5.41, 5.74) is -2.63. The van der Waals surface area contributed by atoms with Crippen molar-refractivity contribution < 1.29 is 134 Å². The number of aromatic nitrogens is 7. The number of esters is 1. The Labute approximate surface area is 611 Å². The largest absolute Gasteiger partial charge is 0.778 e. The number of carbonyl (C=O) groups is 6. The number of sulfonamides is 2. The summed E-state index contributed by atoms with van der Waals surface area (Å²) >= 11 is 0. The molecule has 3 aromatic carbocycles. The number of urea groups is 2. The van der Waals surface area contributed by atoms with Crippen molar-refractivity contribution in [1.82, 2.24) is 53.7 Å². The number of nitrogens with zero attached hydrogens (tertiary/aromatic N) is 8. The number of aryl methyl sites for hydroxylation is 1. The molecule has 590 valence electrons. The van der Waals surface area contributed by atoms with Crippen molar-refractivity contribution >= 4 is 86.3 Å². The van der Waals surface area contributed by atoms with Crippen LogP contribution in [0.15, 0.2) is 123 Å². The number of alkyl halides is 7. The molecule has 8 N–H and O–H groups in total. The predicted molar refractivity (Wildman–Crippen MR) is 365 cm³/mol. The molecule has 37 nitrogen and oxygen atoms in total. The lowest BCUT2D eigenvalue weighted by Crippen LogP contribution is -2.40. The summed E-state index contributed by atoms with van der Waals surface area (Å²) in [5, 5.41) is 22.3. The number of hydrogen-bond acceptors (Lipinski definition) is 27. The number of pyridine rings is 1. The third-order valence-electron chi connectivity index (χ3n) is 12.2. The van der Waals surface area contributed by atoms with E-state index in [9.17, 15) is 95.4 Å². The van der Waals surface area contributed by atoms with Crippen LogP contribution in [0.3, 0.4) is 0 Å². The second kappa shape index (κ2) is 41.6. The highest BCUT2D eigenvalue weighted by Crippen LogP contribution is 2.30. The zero-order chi connectivity index (χ0) is 81.8. The van der Waals surface area contributed by atoms with Crippen LogP contribution < -0.4 is 70.0 Å². The zero-order valence-electron chi connectivity index (χ0n) is 58.2. The van der Waals surface area contributed by atoms with Gasteiger partial charge in [-0.15, -0.1) is 0 Å². The Hall–Kier alpha value is -11.3. The number of anilines is 2. The molecular weight excluding hydrogens is 1550 g/mol. The Kier molecular flexibility index (Phi) is 35.0. The summed E-state index contributed by atoms with van der Waals surface area (Å²) in [7, 11) is -5.05. The SMILES string of the molecule is CCc1ccc(COc2ccc(-n3c(=O)cc(C(F)(F)F)n(C)c3=O)cc2)c(OC(C)C(=O)OC)c1.COc1cc(OC)nc(NC(=O)NS(=O)(=O)c2ncccc2C(=O)N(C)C)n1.C[S+](C)C.O=C(Nc1nc(OC(F)F)cc(OC(F)F)n1)NS(=O)(=O)c1ccccc1C(=O)O.O=C(O)CNCP(=O)([O-])O. The zero-order valence-corrected chi connectivity index (χ0v) is 61.5. The highest BCUT2D eigenvalue weighted by atomic mass is 32.2. The summed E-state index contributed by atoms with van der Waals surface area (Å²) in [6.07, 6.45) is 2.16. The van der Waals surface area contributed by atoms with Crippen molar-refractivity contribution in [3.8, 4) is 40.7 Å². The fourth-order valence-electron chi connectivity index (χ4n) is 7.66. The van der Waals surface area contributed by atoms with E-state index in [0.717, 1.165) is 31.2 Å². The van der Waals surface area contributed by atoms with Crippen LogP contribution in [0.2, 0.25) is 0 Å². The number of nitrogens with one attached hydrogen (secondary N) is 5. The molecule has 0 spiro atoms. The number of ether oxygens (including phenoxy) is 7. The molecule has 2 atom stereocenters. The van der Waals surface area contributed by atoms with Gasteiger partial charge in [0.15, 0.2) is 11.1 Å². The van der Waals surface area contributed by atoms with Crippen LogP contribution >= 0.6 is 7.60 Å². The van der Waals surface area contributed by atoms with E-state index in [-0.39, 0.29) is 35.6 Å². The van der Waals surface area contributed by atoms with E-state index in [0.29, 0.717) is 49.2 Å². The summed E-state index contributed by atoms with van der Waals surface area (Å²) in [5.74, 6) is -5.97. The minimum absolute atomic E-state index is 0.0779. The average molecular weight is 1620 g/mol. The first-order valence-electron chi connectivity index (χ1n) is 29.6. The van der Waals surface area contributed by atoms with E-state index >= 15 is 0 Å². The molecule has 2 unspecified atom stereocenters. The van der Waals surface area contributed by atoms with Gasteiger partial charge in [0.05, 0.1) is 81.9 Å². The van der Waals surface area contributed by atoms with Crippen molar-refractivity contribution in [2.24, 2.45) is 7.05 Å². The molecule has 108 heavy (non-hydrogen) atoms. The lowest BCUT2D eigenvalue weighted by molar-refractivity contribution is -0.193. The van der Waals surface area contributed by atoms with Crippen LogP contribution in [0.4, 0.5) is 52.2 Å². The van der Waals surface area contributed by atoms with E-state index in [1.165, 1.54) is 106 Å². The van der Waals surface area contributed by atoms with Crippen molar-refractivity contribution in [3.05, 3.63) is 152 Å². The molecule has 0 fully saturated rings. The molecule has 0 aliphatic heterocycles. The first kappa shape index (κ1) is 91.0. The summed E-state index contributed by atoms with van der Waals surface area (Å²) in [6.45, 7) is -3.67. The molecule has 4 aromatic heterocycles. The van der Waals surface area contributed by atoms with E-state index in [1.54, 1.807) is 17.0 Å². The van der Waals surface area contributed by atoms with Crippen LogP contribution in [-0.4, -0.2) is 193 Å². The van der Waals surface area contributed by atoms with Gasteiger partial charge in [0.1, 0.15) is 36.3 Å². The fraction of sp³-hybridized carbons (Fsp3) is 0.317.